The zero-order valence-corrected chi connectivity index (χ0v) is 13.7. The molecule has 1 aromatic rings. The lowest BCUT2D eigenvalue weighted by molar-refractivity contribution is -0.124. The van der Waals surface area contributed by atoms with Crippen LogP contribution in [0.5, 0.6) is 5.75 Å². The predicted octanol–water partition coefficient (Wildman–Crippen LogP) is 0.950. The van der Waals surface area contributed by atoms with Gasteiger partial charge in [0.05, 0.1) is 11.6 Å². The van der Waals surface area contributed by atoms with E-state index in [4.69, 9.17) is 4.74 Å². The van der Waals surface area contributed by atoms with Gasteiger partial charge in [-0.05, 0) is 31.5 Å². The Hall–Kier alpha value is -1.79. The maximum absolute atomic E-state index is 12.0. The molecular formula is C16H22ClN3O3. The number of carbonyl (C=O) groups is 2. The molecule has 2 N–H and O–H groups in total. The Bertz CT molecular complexity index is 561. The molecule has 2 aliphatic heterocycles. The number of para-hydroxylation sites is 2. The van der Waals surface area contributed by atoms with Gasteiger partial charge in [0, 0.05) is 19.6 Å². The van der Waals surface area contributed by atoms with E-state index in [9.17, 15) is 9.59 Å². The van der Waals surface area contributed by atoms with Gasteiger partial charge in [-0.15, -0.1) is 12.4 Å². The molecule has 3 rings (SSSR count). The highest BCUT2D eigenvalue weighted by Crippen LogP contribution is 2.31. The normalized spacial score (nSPS) is 19.6. The number of rotatable bonds is 5. The van der Waals surface area contributed by atoms with E-state index in [0.29, 0.717) is 13.1 Å². The molecule has 2 heterocycles. The van der Waals surface area contributed by atoms with Crippen molar-refractivity contribution in [2.24, 2.45) is 5.92 Å². The SMILES string of the molecule is Cl.O=C(NCCCN1C(=O)COc2ccccc21)C1CCNC1. The quantitative estimate of drug-likeness (QED) is 0.784. The summed E-state index contributed by atoms with van der Waals surface area (Å²) in [5.74, 6) is 0.901. The predicted molar refractivity (Wildman–Crippen MR) is 90.1 cm³/mol. The fourth-order valence-corrected chi connectivity index (χ4v) is 2.87. The summed E-state index contributed by atoms with van der Waals surface area (Å²) >= 11 is 0. The molecule has 1 saturated heterocycles. The van der Waals surface area contributed by atoms with Crippen LogP contribution in [0.3, 0.4) is 0 Å². The minimum absolute atomic E-state index is 0. The lowest BCUT2D eigenvalue weighted by Crippen LogP contribution is -2.41. The van der Waals surface area contributed by atoms with Crippen LogP contribution in [-0.4, -0.2) is 44.6 Å². The number of anilines is 1. The van der Waals surface area contributed by atoms with Crippen molar-refractivity contribution in [1.82, 2.24) is 10.6 Å². The fraction of sp³-hybridized carbons (Fsp3) is 0.500. The van der Waals surface area contributed by atoms with E-state index in [-0.39, 0.29) is 36.7 Å². The molecule has 1 fully saturated rings. The van der Waals surface area contributed by atoms with Gasteiger partial charge in [0.15, 0.2) is 6.61 Å². The van der Waals surface area contributed by atoms with E-state index < -0.39 is 0 Å². The lowest BCUT2D eigenvalue weighted by Gasteiger charge is -2.29. The zero-order chi connectivity index (χ0) is 15.4. The minimum atomic E-state index is -0.0370. The zero-order valence-electron chi connectivity index (χ0n) is 12.9. The number of ether oxygens (including phenoxy) is 1. The summed E-state index contributed by atoms with van der Waals surface area (Å²) in [4.78, 5) is 25.6. The van der Waals surface area contributed by atoms with Crippen LogP contribution in [0, 0.1) is 5.92 Å². The van der Waals surface area contributed by atoms with Crippen LogP contribution in [0.4, 0.5) is 5.69 Å². The third-order valence-electron chi connectivity index (χ3n) is 4.10. The molecule has 6 nitrogen and oxygen atoms in total. The number of nitrogens with one attached hydrogen (secondary N) is 2. The Morgan fingerprint density at radius 3 is 3.00 bits per heavy atom. The van der Waals surface area contributed by atoms with Gasteiger partial charge in [0.2, 0.25) is 5.91 Å². The molecular weight excluding hydrogens is 318 g/mol. The molecule has 0 aliphatic carbocycles. The smallest absolute Gasteiger partial charge is 0.265 e. The van der Waals surface area contributed by atoms with Gasteiger partial charge in [-0.3, -0.25) is 9.59 Å². The fourth-order valence-electron chi connectivity index (χ4n) is 2.87. The molecule has 1 atom stereocenters. The number of hydrogen-bond donors (Lipinski definition) is 2. The summed E-state index contributed by atoms with van der Waals surface area (Å²) in [6, 6.07) is 7.53. The topological polar surface area (TPSA) is 70.7 Å². The molecule has 0 spiro atoms. The van der Waals surface area contributed by atoms with Crippen LogP contribution in [0.2, 0.25) is 0 Å². The number of halogens is 1. The minimum Gasteiger partial charge on any atom is -0.482 e. The number of carbonyl (C=O) groups excluding carboxylic acids is 2. The Kier molecular flexibility index (Phi) is 6.24. The Morgan fingerprint density at radius 1 is 1.39 bits per heavy atom. The second-order valence-corrected chi connectivity index (χ2v) is 5.64. The summed E-state index contributed by atoms with van der Waals surface area (Å²) in [6.45, 7) is 2.93. The maximum Gasteiger partial charge on any atom is 0.265 e. The van der Waals surface area contributed by atoms with Gasteiger partial charge >= 0.3 is 0 Å². The summed E-state index contributed by atoms with van der Waals surface area (Å²) < 4.78 is 5.41. The van der Waals surface area contributed by atoms with Gasteiger partial charge < -0.3 is 20.3 Å². The number of fused-ring (bicyclic) bond motifs is 1. The lowest BCUT2D eigenvalue weighted by atomic mass is 10.1. The molecule has 2 aliphatic rings. The summed E-state index contributed by atoms with van der Waals surface area (Å²) in [7, 11) is 0. The molecule has 0 saturated carbocycles. The first-order chi connectivity index (χ1) is 10.8. The molecule has 1 unspecified atom stereocenters. The number of hydrogen-bond acceptors (Lipinski definition) is 4. The standard InChI is InChI=1S/C16H21N3O3.ClH/c20-15-11-22-14-5-2-1-4-13(14)19(15)9-3-7-18-16(21)12-6-8-17-10-12;/h1-2,4-5,12,17H,3,6-11H2,(H,18,21);1H. The van der Waals surface area contributed by atoms with Crippen molar-refractivity contribution in [3.8, 4) is 5.75 Å². The summed E-state index contributed by atoms with van der Waals surface area (Å²) in [5, 5.41) is 6.14. The average Bonchev–Trinajstić information content (AvgIpc) is 3.07. The van der Waals surface area contributed by atoms with Crippen LogP contribution >= 0.6 is 12.4 Å². The highest BCUT2D eigenvalue weighted by atomic mass is 35.5. The van der Waals surface area contributed by atoms with Gasteiger partial charge in [-0.25, -0.2) is 0 Å². The van der Waals surface area contributed by atoms with Crippen molar-refractivity contribution < 1.29 is 14.3 Å². The highest BCUT2D eigenvalue weighted by Gasteiger charge is 2.25. The first-order valence-electron chi connectivity index (χ1n) is 7.76. The van der Waals surface area contributed by atoms with Gasteiger partial charge in [-0.2, -0.15) is 0 Å². The summed E-state index contributed by atoms with van der Waals surface area (Å²) in [6.07, 6.45) is 1.63. The van der Waals surface area contributed by atoms with E-state index >= 15 is 0 Å². The van der Waals surface area contributed by atoms with E-state index in [0.717, 1.165) is 37.4 Å². The van der Waals surface area contributed by atoms with E-state index in [1.807, 2.05) is 24.3 Å². The number of benzene rings is 1. The van der Waals surface area contributed by atoms with Crippen molar-refractivity contribution in [2.75, 3.05) is 37.7 Å². The molecule has 0 bridgehead atoms. The Labute approximate surface area is 142 Å². The van der Waals surface area contributed by atoms with E-state index in [2.05, 4.69) is 10.6 Å². The Balaban J connectivity index is 0.00000192. The molecule has 7 heteroatoms. The number of nitrogens with zero attached hydrogens (tertiary/aromatic N) is 1. The first-order valence-corrected chi connectivity index (χ1v) is 7.76. The molecule has 1 aromatic carbocycles. The first kappa shape index (κ1) is 17.6. The molecule has 2 amide bonds. The second-order valence-electron chi connectivity index (χ2n) is 5.64. The largest absolute Gasteiger partial charge is 0.482 e. The monoisotopic (exact) mass is 339 g/mol. The van der Waals surface area contributed by atoms with Crippen molar-refractivity contribution in [3.05, 3.63) is 24.3 Å². The van der Waals surface area contributed by atoms with Crippen molar-refractivity contribution in [2.45, 2.75) is 12.8 Å². The third-order valence-corrected chi connectivity index (χ3v) is 4.10. The van der Waals surface area contributed by atoms with Crippen LogP contribution < -0.4 is 20.3 Å². The van der Waals surface area contributed by atoms with Crippen molar-refractivity contribution in [3.63, 3.8) is 0 Å². The van der Waals surface area contributed by atoms with Gasteiger partial charge in [0.1, 0.15) is 5.75 Å². The van der Waals surface area contributed by atoms with Gasteiger partial charge in [-0.1, -0.05) is 12.1 Å². The van der Waals surface area contributed by atoms with Crippen LogP contribution in [0.15, 0.2) is 24.3 Å². The summed E-state index contributed by atoms with van der Waals surface area (Å²) in [5.41, 5.74) is 0.810. The van der Waals surface area contributed by atoms with E-state index in [1.54, 1.807) is 4.90 Å². The molecule has 126 valence electrons. The molecule has 23 heavy (non-hydrogen) atoms. The maximum atomic E-state index is 12.0. The van der Waals surface area contributed by atoms with Crippen LogP contribution in [0.1, 0.15) is 12.8 Å². The van der Waals surface area contributed by atoms with Crippen LogP contribution in [-0.2, 0) is 9.59 Å². The Morgan fingerprint density at radius 2 is 2.22 bits per heavy atom. The third kappa shape index (κ3) is 4.14. The number of amides is 2. The van der Waals surface area contributed by atoms with Crippen LogP contribution in [0.25, 0.3) is 0 Å². The average molecular weight is 340 g/mol. The highest BCUT2D eigenvalue weighted by molar-refractivity contribution is 5.97. The van der Waals surface area contributed by atoms with Crippen molar-refractivity contribution in [1.29, 1.82) is 0 Å². The second kappa shape index (κ2) is 8.17. The van der Waals surface area contributed by atoms with Crippen molar-refractivity contribution >= 4 is 29.9 Å². The van der Waals surface area contributed by atoms with Gasteiger partial charge in [0.25, 0.3) is 5.91 Å². The van der Waals surface area contributed by atoms with E-state index in [1.165, 1.54) is 0 Å². The molecule has 0 radical (unpaired) electrons. The molecule has 0 aromatic heterocycles.